The Balaban J connectivity index is 1.55. The average molecular weight is 431 g/mol. The topological polar surface area (TPSA) is 93.1 Å². The van der Waals surface area contributed by atoms with E-state index in [0.29, 0.717) is 19.3 Å². The Bertz CT molecular complexity index is 862. The molecule has 0 unspecified atom stereocenters. The molecule has 6 heteroatoms. The van der Waals surface area contributed by atoms with Gasteiger partial charge in [-0.3, -0.25) is 9.59 Å². The maximum Gasteiger partial charge on any atom is 0.193 e. The Labute approximate surface area is 183 Å². The summed E-state index contributed by atoms with van der Waals surface area (Å²) in [5.41, 5.74) is -1.05. The first kappa shape index (κ1) is 21.5. The van der Waals surface area contributed by atoms with E-state index in [4.69, 9.17) is 9.47 Å². The summed E-state index contributed by atoms with van der Waals surface area (Å²) in [6, 6.07) is 0. The molecule has 3 saturated carbocycles. The second kappa shape index (κ2) is 7.08. The first-order valence-electron chi connectivity index (χ1n) is 11.8. The van der Waals surface area contributed by atoms with Crippen molar-refractivity contribution in [1.82, 2.24) is 0 Å². The highest BCUT2D eigenvalue weighted by atomic mass is 16.7. The van der Waals surface area contributed by atoms with Crippen LogP contribution in [0.5, 0.6) is 0 Å². The van der Waals surface area contributed by atoms with Crippen LogP contribution in [-0.4, -0.2) is 52.5 Å². The minimum absolute atomic E-state index is 0.0125. The van der Waals surface area contributed by atoms with Crippen LogP contribution < -0.4 is 0 Å². The molecule has 2 N–H and O–H groups in total. The van der Waals surface area contributed by atoms with Gasteiger partial charge in [-0.1, -0.05) is 38.8 Å². The third kappa shape index (κ3) is 2.65. The number of ketones is 2. The van der Waals surface area contributed by atoms with Crippen LogP contribution in [0.3, 0.4) is 0 Å². The third-order valence-corrected chi connectivity index (χ3v) is 9.37. The van der Waals surface area contributed by atoms with Crippen LogP contribution in [0.15, 0.2) is 23.8 Å². The summed E-state index contributed by atoms with van der Waals surface area (Å²) in [7, 11) is 0. The van der Waals surface area contributed by atoms with E-state index < -0.39 is 36.1 Å². The minimum atomic E-state index is -1.20. The summed E-state index contributed by atoms with van der Waals surface area (Å²) in [5.74, 6) is 0.0274. The number of carbonyl (C=O) groups excluding carboxylic acids is 2. The molecule has 0 spiro atoms. The predicted molar refractivity (Wildman–Crippen MR) is 113 cm³/mol. The summed E-state index contributed by atoms with van der Waals surface area (Å²) in [6.45, 7) is 5.67. The second-order valence-corrected chi connectivity index (χ2v) is 10.7. The van der Waals surface area contributed by atoms with Crippen LogP contribution in [-0.2, 0) is 19.1 Å². The van der Waals surface area contributed by atoms with E-state index >= 15 is 0 Å². The molecule has 5 aliphatic rings. The molecular weight excluding hydrogens is 396 g/mol. The zero-order valence-electron chi connectivity index (χ0n) is 18.7. The zero-order valence-corrected chi connectivity index (χ0v) is 18.7. The first-order chi connectivity index (χ1) is 14.7. The zero-order chi connectivity index (χ0) is 22.2. The molecule has 4 fully saturated rings. The normalized spacial score (nSPS) is 50.4. The van der Waals surface area contributed by atoms with Gasteiger partial charge in [0.1, 0.15) is 6.61 Å². The molecule has 0 aromatic rings. The lowest BCUT2D eigenvalue weighted by Crippen LogP contribution is -2.63. The number of rotatable bonds is 4. The van der Waals surface area contributed by atoms with Gasteiger partial charge in [-0.15, -0.1) is 0 Å². The Morgan fingerprint density at radius 2 is 2.10 bits per heavy atom. The van der Waals surface area contributed by atoms with Crippen LogP contribution in [0.25, 0.3) is 0 Å². The lowest BCUT2D eigenvalue weighted by molar-refractivity contribution is -0.200. The number of ether oxygens (including phenoxy) is 2. The van der Waals surface area contributed by atoms with E-state index in [0.717, 1.165) is 24.8 Å². The molecule has 0 amide bonds. The molecule has 4 aliphatic carbocycles. The largest absolute Gasteiger partial charge is 0.393 e. The van der Waals surface area contributed by atoms with Gasteiger partial charge in [0.05, 0.1) is 12.2 Å². The van der Waals surface area contributed by atoms with Crippen molar-refractivity contribution in [2.75, 3.05) is 6.61 Å². The van der Waals surface area contributed by atoms with Gasteiger partial charge in [0.15, 0.2) is 23.5 Å². The molecule has 0 aromatic heterocycles. The van der Waals surface area contributed by atoms with Crippen LogP contribution in [0, 0.1) is 28.6 Å². The first-order valence-corrected chi connectivity index (χ1v) is 11.8. The Morgan fingerprint density at radius 3 is 2.81 bits per heavy atom. The Morgan fingerprint density at radius 1 is 1.32 bits per heavy atom. The summed E-state index contributed by atoms with van der Waals surface area (Å²) >= 11 is 0. The lowest BCUT2D eigenvalue weighted by atomic mass is 9.46. The Kier molecular flexibility index (Phi) is 4.91. The van der Waals surface area contributed by atoms with E-state index in [1.165, 1.54) is 0 Å². The van der Waals surface area contributed by atoms with E-state index in [1.807, 2.05) is 6.08 Å². The van der Waals surface area contributed by atoms with Crippen LogP contribution in [0.1, 0.15) is 59.3 Å². The predicted octanol–water partition coefficient (Wildman–Crippen LogP) is 2.72. The van der Waals surface area contributed by atoms with Crippen molar-refractivity contribution >= 4 is 11.6 Å². The number of allylic oxidation sites excluding steroid dienone is 4. The van der Waals surface area contributed by atoms with Gasteiger partial charge in [0.2, 0.25) is 0 Å². The summed E-state index contributed by atoms with van der Waals surface area (Å²) in [6.07, 6.45) is 8.31. The molecule has 1 saturated heterocycles. The summed E-state index contributed by atoms with van der Waals surface area (Å²) in [4.78, 5) is 25.2. The molecular formula is C25H34O6. The van der Waals surface area contributed by atoms with Crippen molar-refractivity contribution in [1.29, 1.82) is 0 Å². The van der Waals surface area contributed by atoms with Crippen molar-refractivity contribution in [3.63, 3.8) is 0 Å². The van der Waals surface area contributed by atoms with Crippen molar-refractivity contribution in [3.8, 4) is 0 Å². The monoisotopic (exact) mass is 430 g/mol. The van der Waals surface area contributed by atoms with Crippen molar-refractivity contribution < 1.29 is 29.3 Å². The number of hydrogen-bond donors (Lipinski definition) is 2. The summed E-state index contributed by atoms with van der Waals surface area (Å²) in [5, 5.41) is 21.4. The van der Waals surface area contributed by atoms with E-state index in [2.05, 4.69) is 20.8 Å². The molecule has 170 valence electrons. The van der Waals surface area contributed by atoms with E-state index in [-0.39, 0.29) is 34.7 Å². The standard InChI is InChI=1S/C25H34O6/c1-4-5-21-30-20-11-17-16-7-6-14-10-15(27)8-9-23(14,2)22(16)18(28)12-24(17,3)25(20,31-21)19(29)13-26/h8-10,16-18,20-22,26,28H,4-7,11-13H2,1-3H3/t16-,17-,18+,20-,21-,22+,23-,24-,25+/m0/s1. The highest BCUT2D eigenvalue weighted by molar-refractivity contribution is 6.01. The van der Waals surface area contributed by atoms with Gasteiger partial charge in [-0.25, -0.2) is 0 Å². The van der Waals surface area contributed by atoms with Gasteiger partial charge < -0.3 is 19.7 Å². The molecule has 1 aliphatic heterocycles. The van der Waals surface area contributed by atoms with E-state index in [9.17, 15) is 19.8 Å². The third-order valence-electron chi connectivity index (χ3n) is 9.37. The highest BCUT2D eigenvalue weighted by Crippen LogP contribution is 2.69. The number of aliphatic hydroxyl groups is 2. The van der Waals surface area contributed by atoms with Crippen molar-refractivity contribution in [3.05, 3.63) is 23.8 Å². The molecule has 5 rings (SSSR count). The molecule has 1 heterocycles. The molecule has 31 heavy (non-hydrogen) atoms. The maximum atomic E-state index is 13.2. The van der Waals surface area contributed by atoms with Crippen LogP contribution in [0.2, 0.25) is 0 Å². The average Bonchev–Trinajstić information content (AvgIpc) is 3.20. The second-order valence-electron chi connectivity index (χ2n) is 10.7. The smallest absolute Gasteiger partial charge is 0.193 e. The SMILES string of the molecule is CCC[C@H]1O[C@H]2C[C@H]3[C@@H]4CCC5=CC(=O)C=C[C@]5(C)[C@H]4[C@H](O)C[C@]3(C)[C@]2(C(=O)CO)O1. The minimum Gasteiger partial charge on any atom is -0.393 e. The number of Topliss-reactive ketones (excluding diaryl/α,β-unsaturated/α-hetero) is 1. The quantitative estimate of drug-likeness (QED) is 0.712. The summed E-state index contributed by atoms with van der Waals surface area (Å²) < 4.78 is 12.7. The van der Waals surface area contributed by atoms with Gasteiger partial charge in [-0.2, -0.15) is 0 Å². The van der Waals surface area contributed by atoms with E-state index in [1.54, 1.807) is 12.2 Å². The molecule has 0 bridgehead atoms. The van der Waals surface area contributed by atoms with Crippen LogP contribution >= 0.6 is 0 Å². The van der Waals surface area contributed by atoms with Gasteiger partial charge in [0.25, 0.3) is 0 Å². The number of carbonyl (C=O) groups is 2. The van der Waals surface area contributed by atoms with Crippen molar-refractivity contribution in [2.45, 2.75) is 83.4 Å². The fourth-order valence-corrected chi connectivity index (χ4v) is 8.12. The van der Waals surface area contributed by atoms with Crippen molar-refractivity contribution in [2.24, 2.45) is 28.6 Å². The maximum absolute atomic E-state index is 13.2. The molecule has 0 aromatic carbocycles. The number of hydrogen-bond acceptors (Lipinski definition) is 6. The fourth-order valence-electron chi connectivity index (χ4n) is 8.12. The van der Waals surface area contributed by atoms with Gasteiger partial charge in [0, 0.05) is 16.7 Å². The Hall–Kier alpha value is -1.34. The number of fused-ring (bicyclic) bond motifs is 7. The molecule has 6 nitrogen and oxygen atoms in total. The molecule has 0 radical (unpaired) electrons. The van der Waals surface area contributed by atoms with Gasteiger partial charge in [-0.05, 0) is 56.1 Å². The molecule has 9 atom stereocenters. The lowest BCUT2D eigenvalue weighted by Gasteiger charge is -2.59. The number of aliphatic hydroxyl groups excluding tert-OH is 2. The highest BCUT2D eigenvalue weighted by Gasteiger charge is 2.75. The van der Waals surface area contributed by atoms with Crippen LogP contribution in [0.4, 0.5) is 0 Å². The fraction of sp³-hybridized carbons (Fsp3) is 0.760. The van der Waals surface area contributed by atoms with Gasteiger partial charge >= 0.3 is 0 Å².